The zero-order valence-electron chi connectivity index (χ0n) is 17.9. The maximum Gasteiger partial charge on any atom is 0.306 e. The Morgan fingerprint density at radius 1 is 0.710 bits per heavy atom. The Kier molecular flexibility index (Phi) is 6.76. The highest BCUT2D eigenvalue weighted by Crippen LogP contribution is 2.32. The van der Waals surface area contributed by atoms with Crippen LogP contribution >= 0.6 is 0 Å². The number of imide groups is 1. The molecule has 31 heavy (non-hydrogen) atoms. The predicted molar refractivity (Wildman–Crippen MR) is 122 cm³/mol. The number of fused-ring (bicyclic) bond motifs is 1. The molecule has 0 heterocycles. The summed E-state index contributed by atoms with van der Waals surface area (Å²) in [6, 6.07) is 14.3. The van der Waals surface area contributed by atoms with E-state index in [4.69, 9.17) is 0 Å². The monoisotopic (exact) mass is 415 g/mol. The minimum atomic E-state index is -0.766. The van der Waals surface area contributed by atoms with Gasteiger partial charge in [0.05, 0.1) is 5.69 Å². The van der Waals surface area contributed by atoms with Crippen molar-refractivity contribution < 1.29 is 14.4 Å². The molecule has 0 bridgehead atoms. The average molecular weight is 416 g/mol. The molecule has 2 aliphatic carbocycles. The van der Waals surface area contributed by atoms with Gasteiger partial charge >= 0.3 is 5.91 Å². The average Bonchev–Trinajstić information content (AvgIpc) is 2.79. The summed E-state index contributed by atoms with van der Waals surface area (Å²) in [5.41, 5.74) is 3.75. The fraction of sp³-hybridized carbons (Fsp3) is 0.370. The summed E-state index contributed by atoms with van der Waals surface area (Å²) < 4.78 is 0. The van der Waals surface area contributed by atoms with Crippen LogP contribution in [0.1, 0.15) is 72.9 Å². The van der Waals surface area contributed by atoms with E-state index >= 15 is 0 Å². The van der Waals surface area contributed by atoms with Gasteiger partial charge in [0.15, 0.2) is 0 Å². The van der Waals surface area contributed by atoms with Crippen LogP contribution in [0.3, 0.4) is 0 Å². The number of benzene rings is 2. The van der Waals surface area contributed by atoms with Gasteiger partial charge in [-0.25, -0.2) is 4.90 Å². The van der Waals surface area contributed by atoms with Crippen molar-refractivity contribution in [3.63, 3.8) is 0 Å². The van der Waals surface area contributed by atoms with E-state index in [1.807, 2.05) is 18.2 Å². The van der Waals surface area contributed by atoms with Gasteiger partial charge < -0.3 is 0 Å². The number of Topliss-reactive ketones (excluding diaryl/α,β-unsaturated/α-hetero) is 1. The van der Waals surface area contributed by atoms with E-state index in [1.54, 1.807) is 30.3 Å². The molecule has 0 atom stereocenters. The lowest BCUT2D eigenvalue weighted by Crippen LogP contribution is -2.43. The SMILES string of the molecule is O=C(C(=O)N(C(=O)/C1=C/CCCCCC1)c1cccc2c1CCCC2)c1ccccc1. The van der Waals surface area contributed by atoms with Crippen LogP contribution in [0.15, 0.2) is 60.2 Å². The van der Waals surface area contributed by atoms with Crippen LogP contribution < -0.4 is 4.90 Å². The Morgan fingerprint density at radius 2 is 1.45 bits per heavy atom. The lowest BCUT2D eigenvalue weighted by atomic mass is 9.89. The summed E-state index contributed by atoms with van der Waals surface area (Å²) in [5.74, 6) is -1.75. The molecule has 4 rings (SSSR count). The van der Waals surface area contributed by atoms with Crippen LogP contribution in [-0.2, 0) is 22.4 Å². The number of ketones is 1. The molecular weight excluding hydrogens is 386 g/mol. The lowest BCUT2D eigenvalue weighted by Gasteiger charge is -2.27. The van der Waals surface area contributed by atoms with Gasteiger partial charge in [0.25, 0.3) is 11.7 Å². The van der Waals surface area contributed by atoms with Crippen molar-refractivity contribution in [2.24, 2.45) is 0 Å². The van der Waals surface area contributed by atoms with Crippen LogP contribution in [-0.4, -0.2) is 17.6 Å². The molecular formula is C27H29NO3. The molecule has 0 aromatic heterocycles. The number of amides is 2. The van der Waals surface area contributed by atoms with E-state index in [0.717, 1.165) is 56.9 Å². The van der Waals surface area contributed by atoms with Crippen LogP contribution in [0.25, 0.3) is 0 Å². The molecule has 0 radical (unpaired) electrons. The Labute approximate surface area is 184 Å². The summed E-state index contributed by atoms with van der Waals surface area (Å²) in [4.78, 5) is 41.5. The van der Waals surface area contributed by atoms with Crippen LogP contribution in [0.4, 0.5) is 5.69 Å². The first-order valence-corrected chi connectivity index (χ1v) is 11.4. The van der Waals surface area contributed by atoms with Crippen molar-refractivity contribution in [1.82, 2.24) is 0 Å². The third kappa shape index (κ3) is 4.68. The van der Waals surface area contributed by atoms with E-state index in [1.165, 1.54) is 16.9 Å². The third-order valence-electron chi connectivity index (χ3n) is 6.31. The smallest absolute Gasteiger partial charge is 0.283 e. The van der Waals surface area contributed by atoms with Gasteiger partial charge in [0.2, 0.25) is 0 Å². The van der Waals surface area contributed by atoms with Crippen molar-refractivity contribution >= 4 is 23.3 Å². The van der Waals surface area contributed by atoms with Gasteiger partial charge in [-0.1, -0.05) is 61.4 Å². The van der Waals surface area contributed by atoms with Gasteiger partial charge in [-0.2, -0.15) is 0 Å². The number of anilines is 1. The van der Waals surface area contributed by atoms with Gasteiger partial charge in [0, 0.05) is 11.1 Å². The number of carbonyl (C=O) groups is 3. The van der Waals surface area contributed by atoms with Gasteiger partial charge in [-0.05, 0) is 68.6 Å². The quantitative estimate of drug-likeness (QED) is 0.483. The standard InChI is InChI=1S/C27H29NO3/c29-25(21-13-7-4-8-14-21)27(31)28(26(30)22-15-5-2-1-3-6-16-22)24-19-11-17-20-12-9-10-18-23(20)24/h4,7-8,11,13-15,17,19H,1-3,5-6,9-10,12,16,18H2/b22-15+. The predicted octanol–water partition coefficient (Wildman–Crippen LogP) is 5.59. The van der Waals surface area contributed by atoms with E-state index in [0.29, 0.717) is 23.2 Å². The second kappa shape index (κ2) is 9.86. The molecule has 0 saturated carbocycles. The first-order chi connectivity index (χ1) is 15.2. The molecule has 0 N–H and O–H groups in total. The number of nitrogens with zero attached hydrogens (tertiary/aromatic N) is 1. The second-order valence-electron chi connectivity index (χ2n) is 8.45. The molecule has 4 heteroatoms. The summed E-state index contributed by atoms with van der Waals surface area (Å²) in [6.45, 7) is 0. The van der Waals surface area contributed by atoms with Gasteiger partial charge in [-0.3, -0.25) is 14.4 Å². The maximum atomic E-state index is 13.7. The molecule has 0 fully saturated rings. The molecule has 4 nitrogen and oxygen atoms in total. The Morgan fingerprint density at radius 3 is 2.29 bits per heavy atom. The first kappa shape index (κ1) is 21.2. The summed E-state index contributed by atoms with van der Waals surface area (Å²) in [7, 11) is 0. The first-order valence-electron chi connectivity index (χ1n) is 11.4. The molecule has 0 spiro atoms. The zero-order chi connectivity index (χ0) is 21.6. The molecule has 2 aliphatic rings. The highest BCUT2D eigenvalue weighted by molar-refractivity contribution is 6.51. The minimum absolute atomic E-state index is 0.307. The van der Waals surface area contributed by atoms with E-state index in [2.05, 4.69) is 6.07 Å². The Bertz CT molecular complexity index is 1010. The largest absolute Gasteiger partial charge is 0.306 e. The van der Waals surface area contributed by atoms with Gasteiger partial charge in [-0.15, -0.1) is 0 Å². The Balaban J connectivity index is 1.76. The molecule has 2 aromatic rings. The normalized spacial score (nSPS) is 18.0. The van der Waals surface area contributed by atoms with Crippen molar-refractivity contribution in [2.45, 2.75) is 64.2 Å². The summed E-state index contributed by atoms with van der Waals surface area (Å²) >= 11 is 0. The van der Waals surface area contributed by atoms with Crippen molar-refractivity contribution in [2.75, 3.05) is 4.90 Å². The lowest BCUT2D eigenvalue weighted by molar-refractivity contribution is -0.122. The van der Waals surface area contributed by atoms with Crippen LogP contribution in [0, 0.1) is 0 Å². The molecule has 0 aliphatic heterocycles. The molecule has 2 amide bonds. The maximum absolute atomic E-state index is 13.7. The van der Waals surface area contributed by atoms with Crippen molar-refractivity contribution in [1.29, 1.82) is 0 Å². The Hall–Kier alpha value is -3.01. The topological polar surface area (TPSA) is 54.5 Å². The van der Waals surface area contributed by atoms with Crippen LogP contribution in [0.5, 0.6) is 0 Å². The highest BCUT2D eigenvalue weighted by Gasteiger charge is 2.33. The van der Waals surface area contributed by atoms with Crippen molar-refractivity contribution in [3.8, 4) is 0 Å². The second-order valence-corrected chi connectivity index (χ2v) is 8.45. The summed E-state index contributed by atoms with van der Waals surface area (Å²) in [6.07, 6.45) is 11.6. The molecule has 2 aromatic carbocycles. The third-order valence-corrected chi connectivity index (χ3v) is 6.31. The van der Waals surface area contributed by atoms with E-state index in [-0.39, 0.29) is 5.91 Å². The molecule has 0 unspecified atom stereocenters. The van der Waals surface area contributed by atoms with Crippen molar-refractivity contribution in [3.05, 3.63) is 76.9 Å². The minimum Gasteiger partial charge on any atom is -0.283 e. The fourth-order valence-corrected chi connectivity index (χ4v) is 4.63. The van der Waals surface area contributed by atoms with E-state index in [9.17, 15) is 14.4 Å². The molecule has 160 valence electrons. The highest BCUT2D eigenvalue weighted by atomic mass is 16.2. The number of hydrogen-bond donors (Lipinski definition) is 0. The van der Waals surface area contributed by atoms with Crippen LogP contribution in [0.2, 0.25) is 0 Å². The summed E-state index contributed by atoms with van der Waals surface area (Å²) in [5, 5.41) is 0. The van der Waals surface area contributed by atoms with E-state index < -0.39 is 11.7 Å². The molecule has 0 saturated heterocycles. The number of hydrogen-bond acceptors (Lipinski definition) is 3. The number of carbonyl (C=O) groups excluding carboxylic acids is 3. The van der Waals surface area contributed by atoms with Gasteiger partial charge in [0.1, 0.15) is 0 Å². The zero-order valence-corrected chi connectivity index (χ0v) is 17.9. The number of allylic oxidation sites excluding steroid dienone is 1. The fourth-order valence-electron chi connectivity index (χ4n) is 4.63. The number of rotatable bonds is 4. The number of aryl methyl sites for hydroxylation is 1.